The van der Waals surface area contributed by atoms with Crippen molar-refractivity contribution in [3.8, 4) is 5.69 Å². The Morgan fingerprint density at radius 3 is 2.95 bits per heavy atom. The molecule has 3 nitrogen and oxygen atoms in total. The van der Waals surface area contributed by atoms with Gasteiger partial charge in [0.1, 0.15) is 11.3 Å². The van der Waals surface area contributed by atoms with E-state index >= 15 is 0 Å². The van der Waals surface area contributed by atoms with Gasteiger partial charge in [0.05, 0.1) is 5.69 Å². The number of halogens is 2. The number of nitrogens with zero attached hydrogens (tertiary/aromatic N) is 3. The molecule has 102 valence electrons. The Balaban J connectivity index is 2.33. The lowest BCUT2D eigenvalue weighted by Gasteiger charge is -2.11. The van der Waals surface area contributed by atoms with Gasteiger partial charge in [-0.25, -0.2) is 9.97 Å². The highest BCUT2D eigenvalue weighted by atomic mass is 79.9. The topological polar surface area (TPSA) is 30.7 Å². The van der Waals surface area contributed by atoms with Gasteiger partial charge >= 0.3 is 0 Å². The molecule has 0 bridgehead atoms. The fourth-order valence-electron chi connectivity index (χ4n) is 2.29. The first-order valence-electron chi connectivity index (χ1n) is 6.35. The van der Waals surface area contributed by atoms with E-state index in [-0.39, 0.29) is 0 Å². The highest BCUT2D eigenvalue weighted by Gasteiger charge is 2.14. The van der Waals surface area contributed by atoms with Gasteiger partial charge in [-0.15, -0.1) is 11.6 Å². The van der Waals surface area contributed by atoms with Crippen LogP contribution in [0.3, 0.4) is 0 Å². The molecule has 5 heteroatoms. The Labute approximate surface area is 130 Å². The molecule has 0 spiro atoms. The molecule has 0 aliphatic carbocycles. The minimum absolute atomic E-state index is 0.538. The lowest BCUT2D eigenvalue weighted by atomic mass is 10.2. The monoisotopic (exact) mass is 349 g/mol. The van der Waals surface area contributed by atoms with Gasteiger partial charge in [-0.2, -0.15) is 0 Å². The molecule has 0 aliphatic rings. The molecular weight excluding hydrogens is 338 g/mol. The third-order valence-electron chi connectivity index (χ3n) is 3.22. The molecule has 0 saturated carbocycles. The van der Waals surface area contributed by atoms with Crippen LogP contribution in [0.25, 0.3) is 16.9 Å². The highest BCUT2D eigenvalue weighted by molar-refractivity contribution is 9.10. The van der Waals surface area contributed by atoms with Gasteiger partial charge in [-0.1, -0.05) is 22.0 Å². The second kappa shape index (κ2) is 5.54. The molecule has 0 atom stereocenters. The van der Waals surface area contributed by atoms with Crippen LogP contribution in [0.1, 0.15) is 11.4 Å². The first-order valence-corrected chi connectivity index (χ1v) is 7.68. The number of alkyl halides is 1. The van der Waals surface area contributed by atoms with Crippen molar-refractivity contribution >= 4 is 38.7 Å². The quantitative estimate of drug-likeness (QED) is 0.660. The van der Waals surface area contributed by atoms with E-state index in [1.807, 2.05) is 18.2 Å². The van der Waals surface area contributed by atoms with Crippen molar-refractivity contribution in [2.45, 2.75) is 13.3 Å². The van der Waals surface area contributed by atoms with Crippen LogP contribution in [0.5, 0.6) is 0 Å². The van der Waals surface area contributed by atoms with Gasteiger partial charge in [-0.05, 0) is 36.8 Å². The predicted molar refractivity (Wildman–Crippen MR) is 85.7 cm³/mol. The Kier molecular flexibility index (Phi) is 3.76. The van der Waals surface area contributed by atoms with Crippen LogP contribution in [0.4, 0.5) is 0 Å². The lowest BCUT2D eigenvalue weighted by molar-refractivity contribution is 0.899. The third-order valence-corrected chi connectivity index (χ3v) is 3.90. The van der Waals surface area contributed by atoms with Gasteiger partial charge in [-0.3, -0.25) is 4.57 Å². The van der Waals surface area contributed by atoms with Gasteiger partial charge in [0, 0.05) is 23.0 Å². The number of benzene rings is 1. The summed E-state index contributed by atoms with van der Waals surface area (Å²) in [5.74, 6) is 1.48. The highest BCUT2D eigenvalue weighted by Crippen LogP contribution is 2.25. The number of pyridine rings is 1. The fraction of sp³-hybridized carbons (Fsp3) is 0.200. The first-order chi connectivity index (χ1) is 9.70. The molecule has 0 amide bonds. The van der Waals surface area contributed by atoms with E-state index in [0.717, 1.165) is 27.1 Å². The summed E-state index contributed by atoms with van der Waals surface area (Å²) >= 11 is 9.44. The van der Waals surface area contributed by atoms with E-state index < -0.39 is 0 Å². The van der Waals surface area contributed by atoms with Crippen LogP contribution >= 0.6 is 27.5 Å². The van der Waals surface area contributed by atoms with Crippen LogP contribution in [0.15, 0.2) is 41.0 Å². The predicted octanol–water partition coefficient (Wildman–Crippen LogP) is 4.27. The summed E-state index contributed by atoms with van der Waals surface area (Å²) in [6.45, 7) is 2.08. The fourth-order valence-corrected chi connectivity index (χ4v) is 2.81. The molecule has 2 heterocycles. The molecule has 20 heavy (non-hydrogen) atoms. The van der Waals surface area contributed by atoms with E-state index in [9.17, 15) is 0 Å². The SMILES string of the molecule is Cc1ccc(Br)cc1-n1c(CCCl)nc2cccnc21. The molecule has 3 aromatic rings. The number of hydrogen-bond acceptors (Lipinski definition) is 2. The molecule has 0 radical (unpaired) electrons. The summed E-state index contributed by atoms with van der Waals surface area (Å²) < 4.78 is 3.13. The van der Waals surface area contributed by atoms with Crippen molar-refractivity contribution in [2.75, 3.05) is 5.88 Å². The Bertz CT molecular complexity index is 767. The number of hydrogen-bond donors (Lipinski definition) is 0. The Hall–Kier alpha value is -1.39. The summed E-state index contributed by atoms with van der Waals surface area (Å²) in [7, 11) is 0. The molecule has 3 rings (SSSR count). The van der Waals surface area contributed by atoms with Gasteiger partial charge in [0.25, 0.3) is 0 Å². The number of aryl methyl sites for hydroxylation is 2. The van der Waals surface area contributed by atoms with E-state index in [0.29, 0.717) is 12.3 Å². The average Bonchev–Trinajstić information content (AvgIpc) is 2.80. The lowest BCUT2D eigenvalue weighted by Crippen LogP contribution is -2.04. The summed E-state index contributed by atoms with van der Waals surface area (Å²) in [6, 6.07) is 10.1. The van der Waals surface area contributed by atoms with Crippen molar-refractivity contribution in [1.82, 2.24) is 14.5 Å². The largest absolute Gasteiger partial charge is 0.280 e. The van der Waals surface area contributed by atoms with Crippen molar-refractivity contribution in [2.24, 2.45) is 0 Å². The van der Waals surface area contributed by atoms with E-state index in [4.69, 9.17) is 11.6 Å². The zero-order chi connectivity index (χ0) is 14.1. The maximum atomic E-state index is 5.91. The standard InChI is InChI=1S/C15H13BrClN3/c1-10-4-5-11(16)9-13(10)20-14(6-7-17)19-12-3-2-8-18-15(12)20/h2-5,8-9H,6-7H2,1H3. The second-order valence-electron chi connectivity index (χ2n) is 4.58. The number of aromatic nitrogens is 3. The molecule has 0 unspecified atom stereocenters. The van der Waals surface area contributed by atoms with Crippen molar-refractivity contribution in [3.05, 3.63) is 52.4 Å². The molecule has 0 saturated heterocycles. The molecule has 1 aromatic carbocycles. The summed E-state index contributed by atoms with van der Waals surface area (Å²) in [5, 5.41) is 0. The van der Waals surface area contributed by atoms with Crippen molar-refractivity contribution in [1.29, 1.82) is 0 Å². The third kappa shape index (κ3) is 2.34. The summed E-state index contributed by atoms with van der Waals surface area (Å²) in [4.78, 5) is 9.12. The number of imidazole rings is 1. The minimum Gasteiger partial charge on any atom is -0.280 e. The van der Waals surface area contributed by atoms with Crippen LogP contribution in [0.2, 0.25) is 0 Å². The molecule has 0 N–H and O–H groups in total. The van der Waals surface area contributed by atoms with Crippen molar-refractivity contribution in [3.63, 3.8) is 0 Å². The van der Waals surface area contributed by atoms with Gasteiger partial charge in [0.15, 0.2) is 5.65 Å². The van der Waals surface area contributed by atoms with Crippen molar-refractivity contribution < 1.29 is 0 Å². The maximum absolute atomic E-state index is 5.91. The second-order valence-corrected chi connectivity index (χ2v) is 5.87. The average molecular weight is 351 g/mol. The van der Waals surface area contributed by atoms with E-state index in [1.165, 1.54) is 5.56 Å². The summed E-state index contributed by atoms with van der Waals surface area (Å²) in [5.41, 5.74) is 4.02. The smallest absolute Gasteiger partial charge is 0.164 e. The van der Waals surface area contributed by atoms with E-state index in [2.05, 4.69) is 49.5 Å². The Morgan fingerprint density at radius 2 is 2.15 bits per heavy atom. The Morgan fingerprint density at radius 1 is 1.30 bits per heavy atom. The number of fused-ring (bicyclic) bond motifs is 1. The summed E-state index contributed by atoms with van der Waals surface area (Å²) in [6.07, 6.45) is 2.50. The van der Waals surface area contributed by atoms with Crippen LogP contribution in [0, 0.1) is 6.92 Å². The number of rotatable bonds is 3. The maximum Gasteiger partial charge on any atom is 0.164 e. The van der Waals surface area contributed by atoms with Crippen LogP contribution < -0.4 is 0 Å². The van der Waals surface area contributed by atoms with Gasteiger partial charge in [0.2, 0.25) is 0 Å². The zero-order valence-electron chi connectivity index (χ0n) is 11.0. The zero-order valence-corrected chi connectivity index (χ0v) is 13.3. The molecule has 2 aromatic heterocycles. The molecule has 0 fully saturated rings. The molecule has 0 aliphatic heterocycles. The van der Waals surface area contributed by atoms with Crippen LogP contribution in [-0.2, 0) is 6.42 Å². The van der Waals surface area contributed by atoms with Crippen LogP contribution in [-0.4, -0.2) is 20.4 Å². The van der Waals surface area contributed by atoms with Gasteiger partial charge < -0.3 is 0 Å². The van der Waals surface area contributed by atoms with E-state index in [1.54, 1.807) is 6.20 Å². The molecular formula is C15H13BrClN3. The normalized spacial score (nSPS) is 11.2. The first kappa shape index (κ1) is 13.6. The minimum atomic E-state index is 0.538.